The van der Waals surface area contributed by atoms with E-state index in [1.54, 1.807) is 0 Å². The number of amides is 1. The lowest BCUT2D eigenvalue weighted by atomic mass is 10.1. The first-order chi connectivity index (χ1) is 13.0. The average Bonchev–Trinajstić information content (AvgIpc) is 2.62. The van der Waals surface area contributed by atoms with E-state index >= 15 is 0 Å². The van der Waals surface area contributed by atoms with Crippen LogP contribution in [0, 0.1) is 20.8 Å². The van der Waals surface area contributed by atoms with Gasteiger partial charge in [-0.25, -0.2) is 0 Å². The van der Waals surface area contributed by atoms with Gasteiger partial charge < -0.3 is 10.1 Å². The summed E-state index contributed by atoms with van der Waals surface area (Å²) in [6.07, 6.45) is 1.86. The Kier molecular flexibility index (Phi) is 8.49. The largest absolute Gasteiger partial charge is 0.381 e. The first-order valence-electron chi connectivity index (χ1n) is 9.63. The lowest BCUT2D eigenvalue weighted by molar-refractivity contribution is -0.117. The van der Waals surface area contributed by atoms with Crippen LogP contribution in [0.25, 0.3) is 0 Å². The molecule has 0 bridgehead atoms. The number of ether oxygens (including phenoxy) is 1. The Labute approximate surface area is 163 Å². The predicted octanol–water partition coefficient (Wildman–Crippen LogP) is 4.13. The van der Waals surface area contributed by atoms with Gasteiger partial charge in [0.25, 0.3) is 0 Å². The van der Waals surface area contributed by atoms with E-state index in [-0.39, 0.29) is 5.91 Å². The van der Waals surface area contributed by atoms with Crippen LogP contribution in [0.4, 0.5) is 5.69 Å². The van der Waals surface area contributed by atoms with Crippen LogP contribution in [0.3, 0.4) is 0 Å². The van der Waals surface area contributed by atoms with Crippen molar-refractivity contribution in [3.8, 4) is 0 Å². The van der Waals surface area contributed by atoms with E-state index in [0.717, 1.165) is 49.4 Å². The zero-order chi connectivity index (χ0) is 19.6. The van der Waals surface area contributed by atoms with E-state index < -0.39 is 0 Å². The molecule has 2 aromatic rings. The molecular formula is C23H32N2O2. The Morgan fingerprint density at radius 3 is 2.37 bits per heavy atom. The van der Waals surface area contributed by atoms with Crippen molar-refractivity contribution < 1.29 is 9.53 Å². The van der Waals surface area contributed by atoms with Gasteiger partial charge in [-0.3, -0.25) is 9.69 Å². The fourth-order valence-electron chi connectivity index (χ4n) is 3.25. The van der Waals surface area contributed by atoms with Gasteiger partial charge in [0.05, 0.1) is 13.2 Å². The summed E-state index contributed by atoms with van der Waals surface area (Å²) in [4.78, 5) is 14.4. The molecule has 2 rings (SSSR count). The molecule has 0 aliphatic heterocycles. The lowest BCUT2D eigenvalue weighted by Gasteiger charge is -2.18. The summed E-state index contributed by atoms with van der Waals surface area (Å²) in [5, 5.41) is 3.05. The normalized spacial score (nSPS) is 11.0. The van der Waals surface area contributed by atoms with E-state index in [4.69, 9.17) is 4.74 Å². The van der Waals surface area contributed by atoms with E-state index in [0.29, 0.717) is 6.54 Å². The van der Waals surface area contributed by atoms with Crippen LogP contribution in [0.1, 0.15) is 28.7 Å². The van der Waals surface area contributed by atoms with Crippen LogP contribution in [-0.4, -0.2) is 44.2 Å². The van der Waals surface area contributed by atoms with Crippen molar-refractivity contribution in [2.45, 2.75) is 33.6 Å². The van der Waals surface area contributed by atoms with Crippen molar-refractivity contribution in [1.82, 2.24) is 4.90 Å². The number of hydrogen-bond acceptors (Lipinski definition) is 3. The zero-order valence-electron chi connectivity index (χ0n) is 17.0. The molecule has 4 heteroatoms. The van der Waals surface area contributed by atoms with Crippen LogP contribution in [-0.2, 0) is 16.0 Å². The summed E-state index contributed by atoms with van der Waals surface area (Å²) in [6, 6.07) is 14.6. The van der Waals surface area contributed by atoms with Crippen molar-refractivity contribution >= 4 is 11.6 Å². The molecule has 0 atom stereocenters. The molecule has 0 saturated carbocycles. The van der Waals surface area contributed by atoms with Crippen LogP contribution in [0.15, 0.2) is 42.5 Å². The third kappa shape index (κ3) is 7.53. The summed E-state index contributed by atoms with van der Waals surface area (Å²) >= 11 is 0. The molecule has 0 unspecified atom stereocenters. The highest BCUT2D eigenvalue weighted by Gasteiger charge is 2.10. The molecule has 27 heavy (non-hydrogen) atoms. The highest BCUT2D eigenvalue weighted by Crippen LogP contribution is 2.21. The summed E-state index contributed by atoms with van der Waals surface area (Å²) in [6.45, 7) is 8.82. The molecule has 1 N–H and O–H groups in total. The average molecular weight is 369 g/mol. The Bertz CT molecular complexity index is 705. The second kappa shape index (κ2) is 10.9. The highest BCUT2D eigenvalue weighted by atomic mass is 16.5. The predicted molar refractivity (Wildman–Crippen MR) is 112 cm³/mol. The van der Waals surface area contributed by atoms with Crippen LogP contribution < -0.4 is 5.32 Å². The molecule has 1 amide bonds. The fourth-order valence-corrected chi connectivity index (χ4v) is 3.25. The number of hydrogen-bond donors (Lipinski definition) is 1. The van der Waals surface area contributed by atoms with E-state index in [1.165, 1.54) is 11.1 Å². The van der Waals surface area contributed by atoms with Crippen molar-refractivity contribution in [1.29, 1.82) is 0 Å². The first-order valence-corrected chi connectivity index (χ1v) is 9.63. The number of carbonyl (C=O) groups excluding carboxylic acids is 1. The monoisotopic (exact) mass is 368 g/mol. The second-order valence-electron chi connectivity index (χ2n) is 7.26. The molecule has 0 aromatic heterocycles. The topological polar surface area (TPSA) is 41.6 Å². The molecule has 2 aromatic carbocycles. The SMILES string of the molecule is Cc1cc(C)c(NC(=O)CN(C)CCCOCCc2ccccc2)c(C)c1. The molecule has 146 valence electrons. The third-order valence-electron chi connectivity index (χ3n) is 4.56. The molecule has 0 aliphatic rings. The molecule has 0 aliphatic carbocycles. The Morgan fingerprint density at radius 2 is 1.70 bits per heavy atom. The van der Waals surface area contributed by atoms with Gasteiger partial charge >= 0.3 is 0 Å². The van der Waals surface area contributed by atoms with Gasteiger partial charge in [0.1, 0.15) is 0 Å². The number of nitrogens with one attached hydrogen (secondary N) is 1. The Hall–Kier alpha value is -2.17. The zero-order valence-corrected chi connectivity index (χ0v) is 17.0. The maximum atomic E-state index is 12.3. The third-order valence-corrected chi connectivity index (χ3v) is 4.56. The molecule has 0 heterocycles. The van der Waals surface area contributed by atoms with E-state index in [1.807, 2.05) is 31.9 Å². The van der Waals surface area contributed by atoms with Gasteiger partial charge in [0, 0.05) is 18.8 Å². The number of nitrogens with zero attached hydrogens (tertiary/aromatic N) is 1. The lowest BCUT2D eigenvalue weighted by Crippen LogP contribution is -2.31. The van der Waals surface area contributed by atoms with E-state index in [2.05, 4.69) is 48.6 Å². The van der Waals surface area contributed by atoms with Crippen molar-refractivity contribution in [2.24, 2.45) is 0 Å². The van der Waals surface area contributed by atoms with Crippen molar-refractivity contribution in [2.75, 3.05) is 38.7 Å². The molecule has 0 radical (unpaired) electrons. The van der Waals surface area contributed by atoms with Gasteiger partial charge in [-0.2, -0.15) is 0 Å². The molecule has 0 saturated heterocycles. The second-order valence-corrected chi connectivity index (χ2v) is 7.26. The van der Waals surface area contributed by atoms with Gasteiger partial charge in [-0.1, -0.05) is 48.0 Å². The molecule has 0 spiro atoms. The molecular weight excluding hydrogens is 336 g/mol. The van der Waals surface area contributed by atoms with Gasteiger partial charge in [0.15, 0.2) is 0 Å². The highest BCUT2D eigenvalue weighted by molar-refractivity contribution is 5.93. The molecule has 0 fully saturated rings. The number of anilines is 1. The summed E-state index contributed by atoms with van der Waals surface area (Å²) < 4.78 is 5.70. The number of carbonyl (C=O) groups is 1. The number of rotatable bonds is 10. The van der Waals surface area contributed by atoms with Crippen molar-refractivity contribution in [3.05, 3.63) is 64.7 Å². The number of benzene rings is 2. The van der Waals surface area contributed by atoms with Crippen LogP contribution in [0.5, 0.6) is 0 Å². The quantitative estimate of drug-likeness (QED) is 0.641. The van der Waals surface area contributed by atoms with Gasteiger partial charge in [-0.15, -0.1) is 0 Å². The Morgan fingerprint density at radius 1 is 1.04 bits per heavy atom. The fraction of sp³-hybridized carbons (Fsp3) is 0.435. The minimum Gasteiger partial charge on any atom is -0.381 e. The number of likely N-dealkylation sites (N-methyl/N-ethyl adjacent to an activating group) is 1. The minimum absolute atomic E-state index is 0.0255. The first kappa shape index (κ1) is 21.1. The van der Waals surface area contributed by atoms with Crippen LogP contribution in [0.2, 0.25) is 0 Å². The molecule has 4 nitrogen and oxygen atoms in total. The van der Waals surface area contributed by atoms with E-state index in [9.17, 15) is 4.79 Å². The summed E-state index contributed by atoms with van der Waals surface area (Å²) in [7, 11) is 1.97. The maximum Gasteiger partial charge on any atom is 0.238 e. The summed E-state index contributed by atoms with van der Waals surface area (Å²) in [5.74, 6) is 0.0255. The van der Waals surface area contributed by atoms with Crippen LogP contribution >= 0.6 is 0 Å². The van der Waals surface area contributed by atoms with Crippen molar-refractivity contribution in [3.63, 3.8) is 0 Å². The Balaban J connectivity index is 1.62. The number of aryl methyl sites for hydroxylation is 3. The smallest absolute Gasteiger partial charge is 0.238 e. The summed E-state index contributed by atoms with van der Waals surface area (Å²) in [5.41, 5.74) is 5.66. The van der Waals surface area contributed by atoms with Gasteiger partial charge in [0.2, 0.25) is 5.91 Å². The minimum atomic E-state index is 0.0255. The standard InChI is InChI=1S/C23H32N2O2/c1-18-15-19(2)23(20(3)16-18)24-22(26)17-25(4)12-8-13-27-14-11-21-9-6-5-7-10-21/h5-7,9-10,15-16H,8,11-14,17H2,1-4H3,(H,24,26). The van der Waals surface area contributed by atoms with Gasteiger partial charge in [-0.05, 0) is 57.4 Å². The maximum absolute atomic E-state index is 12.3.